The standard InChI is InChI=1S/C21H25N3O3.ClH/c25-19-14-22-12-17(19)13-23-20(26)11-18(15-7-3-1-4-8-15)24-21(27)16-9-5-2-6-10-16;/h1-10,17-19,22,25H,11-14H2,(H,23,26)(H,24,27);1H. The summed E-state index contributed by atoms with van der Waals surface area (Å²) in [6.45, 7) is 1.66. The van der Waals surface area contributed by atoms with Crippen LogP contribution >= 0.6 is 12.4 Å². The largest absolute Gasteiger partial charge is 0.391 e. The van der Waals surface area contributed by atoms with Crippen molar-refractivity contribution in [2.45, 2.75) is 18.6 Å². The molecule has 6 nitrogen and oxygen atoms in total. The molecule has 3 atom stereocenters. The summed E-state index contributed by atoms with van der Waals surface area (Å²) in [5.74, 6) is -0.355. The number of carbonyl (C=O) groups excluding carboxylic acids is 2. The van der Waals surface area contributed by atoms with Gasteiger partial charge in [0.1, 0.15) is 0 Å². The topological polar surface area (TPSA) is 90.5 Å². The Morgan fingerprint density at radius 3 is 2.29 bits per heavy atom. The molecule has 3 unspecified atom stereocenters. The number of benzene rings is 2. The Morgan fingerprint density at radius 2 is 1.68 bits per heavy atom. The first-order valence-corrected chi connectivity index (χ1v) is 9.20. The van der Waals surface area contributed by atoms with Gasteiger partial charge in [0.2, 0.25) is 5.91 Å². The number of hydrogen-bond donors (Lipinski definition) is 4. The molecule has 3 rings (SSSR count). The summed E-state index contributed by atoms with van der Waals surface area (Å²) in [5.41, 5.74) is 1.43. The number of aliphatic hydroxyl groups is 1. The summed E-state index contributed by atoms with van der Waals surface area (Å²) < 4.78 is 0. The summed E-state index contributed by atoms with van der Waals surface area (Å²) in [5, 5.41) is 18.8. The van der Waals surface area contributed by atoms with E-state index in [9.17, 15) is 14.7 Å². The molecule has 0 saturated carbocycles. The zero-order chi connectivity index (χ0) is 19.1. The lowest BCUT2D eigenvalue weighted by Gasteiger charge is -2.20. The first kappa shape index (κ1) is 21.9. The summed E-state index contributed by atoms with van der Waals surface area (Å²) in [4.78, 5) is 25.0. The van der Waals surface area contributed by atoms with Crippen molar-refractivity contribution in [1.29, 1.82) is 0 Å². The van der Waals surface area contributed by atoms with Crippen molar-refractivity contribution in [3.05, 3.63) is 71.8 Å². The minimum absolute atomic E-state index is 0. The normalized spacial score (nSPS) is 19.3. The van der Waals surface area contributed by atoms with Crippen LogP contribution in [0.2, 0.25) is 0 Å². The van der Waals surface area contributed by atoms with Crippen molar-refractivity contribution in [2.24, 2.45) is 5.92 Å². The van der Waals surface area contributed by atoms with Gasteiger partial charge >= 0.3 is 0 Å². The molecule has 0 aromatic heterocycles. The molecule has 2 aromatic rings. The molecule has 2 aromatic carbocycles. The van der Waals surface area contributed by atoms with Crippen LogP contribution in [0.5, 0.6) is 0 Å². The Morgan fingerprint density at radius 1 is 1.04 bits per heavy atom. The molecule has 4 N–H and O–H groups in total. The van der Waals surface area contributed by atoms with E-state index in [0.29, 0.717) is 25.2 Å². The van der Waals surface area contributed by atoms with Gasteiger partial charge in [-0.2, -0.15) is 0 Å². The zero-order valence-electron chi connectivity index (χ0n) is 15.5. The second kappa shape index (κ2) is 10.8. The molecule has 0 radical (unpaired) electrons. The van der Waals surface area contributed by atoms with Crippen molar-refractivity contribution in [1.82, 2.24) is 16.0 Å². The zero-order valence-corrected chi connectivity index (χ0v) is 16.3. The molecule has 0 spiro atoms. The van der Waals surface area contributed by atoms with Crippen LogP contribution in [0.3, 0.4) is 0 Å². The molecule has 0 aliphatic carbocycles. The van der Waals surface area contributed by atoms with E-state index < -0.39 is 12.1 Å². The summed E-state index contributed by atoms with van der Waals surface area (Å²) >= 11 is 0. The highest BCUT2D eigenvalue weighted by molar-refractivity contribution is 5.94. The minimum Gasteiger partial charge on any atom is -0.391 e. The molecule has 7 heteroatoms. The second-order valence-electron chi connectivity index (χ2n) is 6.80. The van der Waals surface area contributed by atoms with E-state index in [0.717, 1.165) is 5.56 Å². The lowest BCUT2D eigenvalue weighted by molar-refractivity contribution is -0.121. The van der Waals surface area contributed by atoms with Gasteiger partial charge in [0, 0.05) is 31.1 Å². The molecule has 150 valence electrons. The molecule has 1 saturated heterocycles. The lowest BCUT2D eigenvalue weighted by Crippen LogP contribution is -2.37. The predicted molar refractivity (Wildman–Crippen MR) is 110 cm³/mol. The third-order valence-electron chi connectivity index (χ3n) is 4.80. The fourth-order valence-corrected chi connectivity index (χ4v) is 3.20. The maximum Gasteiger partial charge on any atom is 0.251 e. The smallest absolute Gasteiger partial charge is 0.251 e. The quantitative estimate of drug-likeness (QED) is 0.566. The Kier molecular flexibility index (Phi) is 8.44. The van der Waals surface area contributed by atoms with Gasteiger partial charge in [-0.1, -0.05) is 48.5 Å². The molecule has 0 bridgehead atoms. The Labute approximate surface area is 171 Å². The number of amides is 2. The predicted octanol–water partition coefficient (Wildman–Crippen LogP) is 1.67. The molecular formula is C21H26ClN3O3. The fourth-order valence-electron chi connectivity index (χ4n) is 3.20. The van der Waals surface area contributed by atoms with Crippen LogP contribution < -0.4 is 16.0 Å². The van der Waals surface area contributed by atoms with Gasteiger partial charge in [-0.3, -0.25) is 9.59 Å². The van der Waals surface area contributed by atoms with E-state index in [1.807, 2.05) is 36.4 Å². The average Bonchev–Trinajstić information content (AvgIpc) is 3.12. The van der Waals surface area contributed by atoms with Crippen LogP contribution in [-0.4, -0.2) is 42.7 Å². The minimum atomic E-state index is -0.437. The molecule has 1 fully saturated rings. The Hall–Kier alpha value is -2.41. The van der Waals surface area contributed by atoms with E-state index in [1.54, 1.807) is 24.3 Å². The number of carbonyl (C=O) groups is 2. The average molecular weight is 404 g/mol. The van der Waals surface area contributed by atoms with Gasteiger partial charge in [-0.05, 0) is 17.7 Å². The second-order valence-corrected chi connectivity index (χ2v) is 6.80. The fraction of sp³-hybridized carbons (Fsp3) is 0.333. The Balaban J connectivity index is 0.00000280. The first-order valence-electron chi connectivity index (χ1n) is 9.20. The maximum absolute atomic E-state index is 12.5. The number of β-amino-alcohol motifs (C(OH)–C–C–N with tert-alkyl or cyclic N) is 1. The molecule has 1 aliphatic heterocycles. The van der Waals surface area contributed by atoms with E-state index in [2.05, 4.69) is 16.0 Å². The summed E-state index contributed by atoms with van der Waals surface area (Å²) in [6.07, 6.45) is -0.299. The molecule has 28 heavy (non-hydrogen) atoms. The first-order chi connectivity index (χ1) is 13.1. The number of aliphatic hydroxyl groups excluding tert-OH is 1. The highest BCUT2D eigenvalue weighted by Gasteiger charge is 2.26. The van der Waals surface area contributed by atoms with E-state index >= 15 is 0 Å². The van der Waals surface area contributed by atoms with Crippen molar-refractivity contribution < 1.29 is 14.7 Å². The van der Waals surface area contributed by atoms with Crippen LogP contribution in [0.1, 0.15) is 28.4 Å². The van der Waals surface area contributed by atoms with E-state index in [1.165, 1.54) is 0 Å². The molecular weight excluding hydrogens is 378 g/mol. The van der Waals surface area contributed by atoms with Gasteiger partial charge in [0.05, 0.1) is 18.6 Å². The van der Waals surface area contributed by atoms with Crippen LogP contribution in [0.25, 0.3) is 0 Å². The number of halogens is 1. The molecule has 1 aliphatic rings. The SMILES string of the molecule is Cl.O=C(CC(NC(=O)c1ccccc1)c1ccccc1)NCC1CNCC1O. The van der Waals surface area contributed by atoms with Crippen molar-refractivity contribution >= 4 is 24.2 Å². The van der Waals surface area contributed by atoms with Crippen LogP contribution in [-0.2, 0) is 4.79 Å². The lowest BCUT2D eigenvalue weighted by atomic mass is 10.0. The van der Waals surface area contributed by atoms with Gasteiger partial charge in [0.25, 0.3) is 5.91 Å². The number of rotatable bonds is 7. The van der Waals surface area contributed by atoms with Crippen LogP contribution in [0.4, 0.5) is 0 Å². The van der Waals surface area contributed by atoms with Gasteiger partial charge in [-0.15, -0.1) is 12.4 Å². The van der Waals surface area contributed by atoms with Gasteiger partial charge in [-0.25, -0.2) is 0 Å². The summed E-state index contributed by atoms with van der Waals surface area (Å²) in [6, 6.07) is 18.0. The molecule has 1 heterocycles. The van der Waals surface area contributed by atoms with E-state index in [4.69, 9.17) is 0 Å². The van der Waals surface area contributed by atoms with Crippen molar-refractivity contribution in [2.75, 3.05) is 19.6 Å². The van der Waals surface area contributed by atoms with Gasteiger partial charge in [0.15, 0.2) is 0 Å². The highest BCUT2D eigenvalue weighted by atomic mass is 35.5. The number of nitrogens with one attached hydrogen (secondary N) is 3. The number of hydrogen-bond acceptors (Lipinski definition) is 4. The van der Waals surface area contributed by atoms with Crippen LogP contribution in [0.15, 0.2) is 60.7 Å². The maximum atomic E-state index is 12.5. The molecule has 2 amide bonds. The monoisotopic (exact) mass is 403 g/mol. The van der Waals surface area contributed by atoms with E-state index in [-0.39, 0.29) is 36.6 Å². The van der Waals surface area contributed by atoms with Crippen LogP contribution in [0, 0.1) is 5.92 Å². The van der Waals surface area contributed by atoms with Crippen molar-refractivity contribution in [3.8, 4) is 0 Å². The van der Waals surface area contributed by atoms with Crippen molar-refractivity contribution in [3.63, 3.8) is 0 Å². The highest BCUT2D eigenvalue weighted by Crippen LogP contribution is 2.18. The summed E-state index contributed by atoms with van der Waals surface area (Å²) in [7, 11) is 0. The third-order valence-corrected chi connectivity index (χ3v) is 4.80. The third kappa shape index (κ3) is 6.05. The van der Waals surface area contributed by atoms with Gasteiger partial charge < -0.3 is 21.1 Å². The Bertz CT molecular complexity index is 758.